The maximum Gasteiger partial charge on any atom is 0.166 e. The molecule has 1 heterocycles. The summed E-state index contributed by atoms with van der Waals surface area (Å²) in [5, 5.41) is 0. The predicted octanol–water partition coefficient (Wildman–Crippen LogP) is 8.49. The number of fused-ring (bicyclic) bond motifs is 1. The van der Waals surface area contributed by atoms with E-state index in [2.05, 4.69) is 106 Å². The van der Waals surface area contributed by atoms with Crippen LogP contribution in [0.1, 0.15) is 66.5 Å². The molecule has 1 unspecified atom stereocenters. The number of carbonyl (C=O) groups is 1. The Balaban J connectivity index is 0.000000317. The molecular formula is C36H43NO. The minimum absolute atomic E-state index is 0.0229. The van der Waals surface area contributed by atoms with Gasteiger partial charge in [-0.05, 0) is 111 Å². The second-order valence-electron chi connectivity index (χ2n) is 11.2. The third-order valence-electron chi connectivity index (χ3n) is 7.97. The molecular weight excluding hydrogens is 462 g/mol. The van der Waals surface area contributed by atoms with Crippen molar-refractivity contribution in [3.8, 4) is 11.1 Å². The molecule has 0 spiro atoms. The molecule has 2 aliphatic rings. The van der Waals surface area contributed by atoms with Crippen LogP contribution in [0.3, 0.4) is 0 Å². The molecule has 2 nitrogen and oxygen atoms in total. The van der Waals surface area contributed by atoms with Crippen molar-refractivity contribution < 1.29 is 4.79 Å². The van der Waals surface area contributed by atoms with Crippen molar-refractivity contribution in [1.29, 1.82) is 0 Å². The van der Waals surface area contributed by atoms with E-state index in [4.69, 9.17) is 0 Å². The van der Waals surface area contributed by atoms with Crippen LogP contribution in [0.2, 0.25) is 0 Å². The smallest absolute Gasteiger partial charge is 0.166 e. The third-order valence-corrected chi connectivity index (χ3v) is 7.97. The fraction of sp³-hybridized carbons (Fsp3) is 0.361. The molecule has 198 valence electrons. The van der Waals surface area contributed by atoms with Gasteiger partial charge in [-0.25, -0.2) is 0 Å². The number of hydrogen-bond donors (Lipinski definition) is 0. The SMILES string of the molecule is C=C1CCCN(C)CC1.CCc1cccc(C)c1-c1ccc2c(c1)/C(=C\c1ccc(C)cc1)C(=O)C(C)C2. The lowest BCUT2D eigenvalue weighted by Crippen LogP contribution is -2.22. The number of Topliss-reactive ketones (excluding diaryl/α,β-unsaturated/α-hetero) is 1. The molecule has 1 atom stereocenters. The number of allylic oxidation sites excluding steroid dienone is 1. The lowest BCUT2D eigenvalue weighted by molar-refractivity contribution is -0.117. The normalized spacial score (nSPS) is 19.0. The van der Waals surface area contributed by atoms with Crippen LogP contribution in [-0.4, -0.2) is 30.8 Å². The molecule has 1 saturated heterocycles. The maximum atomic E-state index is 13.1. The molecule has 1 fully saturated rings. The van der Waals surface area contributed by atoms with Crippen molar-refractivity contribution in [2.45, 2.75) is 59.8 Å². The Labute approximate surface area is 230 Å². The van der Waals surface area contributed by atoms with Crippen LogP contribution in [0.15, 0.2) is 72.8 Å². The van der Waals surface area contributed by atoms with Gasteiger partial charge in [0, 0.05) is 18.0 Å². The second-order valence-corrected chi connectivity index (χ2v) is 11.2. The van der Waals surface area contributed by atoms with Gasteiger partial charge in [0.1, 0.15) is 0 Å². The van der Waals surface area contributed by atoms with Gasteiger partial charge in [0.05, 0.1) is 0 Å². The molecule has 2 heteroatoms. The van der Waals surface area contributed by atoms with Crippen molar-refractivity contribution in [1.82, 2.24) is 4.90 Å². The van der Waals surface area contributed by atoms with Gasteiger partial charge >= 0.3 is 0 Å². The molecule has 0 amide bonds. The molecule has 1 aliphatic heterocycles. The summed E-state index contributed by atoms with van der Waals surface area (Å²) in [6.45, 7) is 14.9. The van der Waals surface area contributed by atoms with Gasteiger partial charge < -0.3 is 4.90 Å². The molecule has 0 saturated carbocycles. The average Bonchev–Trinajstić information content (AvgIpc) is 3.10. The molecule has 0 aromatic heterocycles. The molecule has 5 rings (SSSR count). The Bertz CT molecular complexity index is 1330. The highest BCUT2D eigenvalue weighted by molar-refractivity contribution is 6.27. The molecule has 0 radical (unpaired) electrons. The van der Waals surface area contributed by atoms with Crippen LogP contribution in [0.25, 0.3) is 22.8 Å². The standard InChI is InChI=1S/C28H28O.C8H15N/c1-5-22-8-6-7-19(3)27(22)24-14-13-23-15-20(4)28(29)26(25(23)17-24)16-21-11-9-18(2)10-12-21;1-8-4-3-6-9(2)7-5-8/h6-14,16-17,20H,5,15H2,1-4H3;1,3-7H2,2H3/b26-16+;. The van der Waals surface area contributed by atoms with E-state index < -0.39 is 0 Å². The van der Waals surface area contributed by atoms with E-state index in [-0.39, 0.29) is 11.7 Å². The summed E-state index contributed by atoms with van der Waals surface area (Å²) in [7, 11) is 2.18. The number of benzene rings is 3. The van der Waals surface area contributed by atoms with E-state index in [0.717, 1.165) is 29.5 Å². The van der Waals surface area contributed by atoms with Crippen LogP contribution in [0.4, 0.5) is 0 Å². The van der Waals surface area contributed by atoms with Gasteiger partial charge in [-0.15, -0.1) is 0 Å². The monoisotopic (exact) mass is 505 g/mol. The predicted molar refractivity (Wildman–Crippen MR) is 163 cm³/mol. The summed E-state index contributed by atoms with van der Waals surface area (Å²) < 4.78 is 0. The highest BCUT2D eigenvalue weighted by Crippen LogP contribution is 2.37. The molecule has 38 heavy (non-hydrogen) atoms. The van der Waals surface area contributed by atoms with E-state index in [1.165, 1.54) is 71.3 Å². The topological polar surface area (TPSA) is 20.3 Å². The van der Waals surface area contributed by atoms with Gasteiger partial charge in [-0.1, -0.05) is 86.2 Å². The van der Waals surface area contributed by atoms with Crippen molar-refractivity contribution in [3.05, 3.63) is 106 Å². The van der Waals surface area contributed by atoms with E-state index in [0.29, 0.717) is 0 Å². The Morgan fingerprint density at radius 1 is 1.00 bits per heavy atom. The first-order valence-electron chi connectivity index (χ1n) is 14.2. The summed E-state index contributed by atoms with van der Waals surface area (Å²) in [5.74, 6) is 0.269. The fourth-order valence-electron chi connectivity index (χ4n) is 5.58. The first-order chi connectivity index (χ1) is 18.3. The van der Waals surface area contributed by atoms with Crippen molar-refractivity contribution >= 4 is 17.4 Å². The quantitative estimate of drug-likeness (QED) is 0.263. The zero-order valence-corrected chi connectivity index (χ0v) is 23.9. The van der Waals surface area contributed by atoms with Crippen molar-refractivity contribution in [3.63, 3.8) is 0 Å². The summed E-state index contributed by atoms with van der Waals surface area (Å²) in [6.07, 6.45) is 7.62. The van der Waals surface area contributed by atoms with Gasteiger partial charge in [0.2, 0.25) is 0 Å². The molecule has 3 aromatic carbocycles. The Kier molecular flexibility index (Phi) is 9.17. The third kappa shape index (κ3) is 6.60. The summed E-state index contributed by atoms with van der Waals surface area (Å²) >= 11 is 0. The first kappa shape index (κ1) is 27.8. The molecule has 1 aliphatic carbocycles. The van der Waals surface area contributed by atoms with Gasteiger partial charge in [-0.3, -0.25) is 4.79 Å². The number of hydrogen-bond acceptors (Lipinski definition) is 2. The average molecular weight is 506 g/mol. The number of likely N-dealkylation sites (tertiary alicyclic amines) is 1. The minimum atomic E-state index is 0.0229. The van der Waals surface area contributed by atoms with Crippen LogP contribution < -0.4 is 0 Å². The number of carbonyl (C=O) groups excluding carboxylic acids is 1. The number of nitrogens with zero attached hydrogens (tertiary/aromatic N) is 1. The Morgan fingerprint density at radius 2 is 1.76 bits per heavy atom. The zero-order chi connectivity index (χ0) is 27.2. The second kappa shape index (κ2) is 12.5. The van der Waals surface area contributed by atoms with E-state index in [9.17, 15) is 4.79 Å². The van der Waals surface area contributed by atoms with E-state index >= 15 is 0 Å². The van der Waals surface area contributed by atoms with Gasteiger partial charge in [-0.2, -0.15) is 0 Å². The summed E-state index contributed by atoms with van der Waals surface area (Å²) in [6, 6.07) is 21.6. The van der Waals surface area contributed by atoms with Crippen molar-refractivity contribution in [2.75, 3.05) is 20.1 Å². The lowest BCUT2D eigenvalue weighted by atomic mass is 9.78. The van der Waals surface area contributed by atoms with E-state index in [1.54, 1.807) is 0 Å². The van der Waals surface area contributed by atoms with Gasteiger partial charge in [0.15, 0.2) is 5.78 Å². The van der Waals surface area contributed by atoms with Crippen LogP contribution in [0, 0.1) is 19.8 Å². The van der Waals surface area contributed by atoms with Crippen LogP contribution in [-0.2, 0) is 17.6 Å². The minimum Gasteiger partial charge on any atom is -0.306 e. The highest BCUT2D eigenvalue weighted by atomic mass is 16.1. The van der Waals surface area contributed by atoms with E-state index in [1.807, 2.05) is 6.92 Å². The molecule has 3 aromatic rings. The fourth-order valence-corrected chi connectivity index (χ4v) is 5.58. The number of ketones is 1. The summed E-state index contributed by atoms with van der Waals surface area (Å²) in [5.41, 5.74) is 12.1. The zero-order valence-electron chi connectivity index (χ0n) is 23.9. The largest absolute Gasteiger partial charge is 0.306 e. The molecule has 0 N–H and O–H groups in total. The van der Waals surface area contributed by atoms with Crippen molar-refractivity contribution in [2.24, 2.45) is 5.92 Å². The van der Waals surface area contributed by atoms with Gasteiger partial charge in [0.25, 0.3) is 0 Å². The van der Waals surface area contributed by atoms with Crippen LogP contribution in [0.5, 0.6) is 0 Å². The maximum absolute atomic E-state index is 13.1. The first-order valence-corrected chi connectivity index (χ1v) is 14.2. The highest BCUT2D eigenvalue weighted by Gasteiger charge is 2.28. The summed E-state index contributed by atoms with van der Waals surface area (Å²) in [4.78, 5) is 15.5. The van der Waals surface area contributed by atoms with Crippen LogP contribution >= 0.6 is 0 Å². The Hall–Kier alpha value is -3.23. The Morgan fingerprint density at radius 3 is 2.50 bits per heavy atom. The number of rotatable bonds is 3. The molecule has 0 bridgehead atoms. The lowest BCUT2D eigenvalue weighted by Gasteiger charge is -2.25. The number of aryl methyl sites for hydroxylation is 3.